The average molecular weight is 174 g/mol. The third kappa shape index (κ3) is 6.29. The summed E-state index contributed by atoms with van der Waals surface area (Å²) < 4.78 is 11.0. The van der Waals surface area contributed by atoms with Crippen LogP contribution in [0.25, 0.3) is 0 Å². The van der Waals surface area contributed by atoms with Crippen LogP contribution in [0, 0.1) is 0 Å². The zero-order chi connectivity index (χ0) is 8.69. The molecule has 0 rings (SSSR count). The van der Waals surface area contributed by atoms with Crippen molar-refractivity contribution >= 4 is 10.8 Å². The number of unbranched alkanes of at least 4 members (excludes halogenated alkanes) is 1. The van der Waals surface area contributed by atoms with Gasteiger partial charge in [0.15, 0.2) is 0 Å². The third-order valence-corrected chi connectivity index (χ3v) is 2.78. The second-order valence-electron chi connectivity index (χ2n) is 2.74. The molecular formula is C9H18OS. The van der Waals surface area contributed by atoms with Crippen LogP contribution in [0.15, 0.2) is 11.0 Å². The van der Waals surface area contributed by atoms with Gasteiger partial charge in [-0.15, -0.1) is 0 Å². The molecule has 0 aromatic heterocycles. The van der Waals surface area contributed by atoms with Crippen molar-refractivity contribution in [1.82, 2.24) is 0 Å². The average Bonchev–Trinajstić information content (AvgIpc) is 2.00. The lowest BCUT2D eigenvalue weighted by atomic mass is 10.2. The smallest absolute Gasteiger partial charge is 0.0452 e. The molecular weight excluding hydrogens is 156 g/mol. The van der Waals surface area contributed by atoms with E-state index in [9.17, 15) is 4.21 Å². The first-order valence-electron chi connectivity index (χ1n) is 4.25. The van der Waals surface area contributed by atoms with Crippen LogP contribution in [0.1, 0.15) is 40.0 Å². The standard InChI is InChI=1S/C9H18OS/c1-4-6-7-9(3)8-11(10)5-2/h8H,4-7H2,1-3H3/b9-8-. The molecule has 0 saturated heterocycles. The Labute approximate surface area is 72.3 Å². The van der Waals surface area contributed by atoms with Crippen LogP contribution in [-0.2, 0) is 10.8 Å². The highest BCUT2D eigenvalue weighted by Crippen LogP contribution is 2.06. The van der Waals surface area contributed by atoms with Gasteiger partial charge in [0.05, 0.1) is 0 Å². The van der Waals surface area contributed by atoms with Crippen LogP contribution in [0.5, 0.6) is 0 Å². The molecule has 11 heavy (non-hydrogen) atoms. The van der Waals surface area contributed by atoms with E-state index in [4.69, 9.17) is 0 Å². The molecule has 0 saturated carbocycles. The maximum absolute atomic E-state index is 11.0. The normalized spacial score (nSPS) is 15.0. The van der Waals surface area contributed by atoms with Crippen molar-refractivity contribution in [2.24, 2.45) is 0 Å². The zero-order valence-corrected chi connectivity index (χ0v) is 8.54. The van der Waals surface area contributed by atoms with E-state index in [2.05, 4.69) is 13.8 Å². The summed E-state index contributed by atoms with van der Waals surface area (Å²) in [5.74, 6) is 0.740. The van der Waals surface area contributed by atoms with E-state index in [-0.39, 0.29) is 0 Å². The Kier molecular flexibility index (Phi) is 6.52. The van der Waals surface area contributed by atoms with Gasteiger partial charge in [0.25, 0.3) is 0 Å². The molecule has 0 spiro atoms. The maximum Gasteiger partial charge on any atom is 0.0452 e. The van der Waals surface area contributed by atoms with E-state index in [0.717, 1.165) is 12.2 Å². The van der Waals surface area contributed by atoms with Crippen LogP contribution in [0.4, 0.5) is 0 Å². The molecule has 1 atom stereocenters. The summed E-state index contributed by atoms with van der Waals surface area (Å²) in [7, 11) is -0.723. The molecule has 0 amide bonds. The first-order chi connectivity index (χ1) is 5.20. The lowest BCUT2D eigenvalue weighted by Crippen LogP contribution is -1.88. The Hall–Kier alpha value is -0.110. The van der Waals surface area contributed by atoms with Gasteiger partial charge < -0.3 is 0 Å². The van der Waals surface area contributed by atoms with Crippen LogP contribution in [0.3, 0.4) is 0 Å². The molecule has 1 nitrogen and oxygen atoms in total. The molecule has 1 unspecified atom stereocenters. The molecule has 66 valence electrons. The molecule has 0 aliphatic carbocycles. The minimum absolute atomic E-state index is 0.723. The first kappa shape index (κ1) is 10.9. The van der Waals surface area contributed by atoms with E-state index in [1.54, 1.807) is 0 Å². The van der Waals surface area contributed by atoms with Crippen LogP contribution < -0.4 is 0 Å². The van der Waals surface area contributed by atoms with E-state index in [1.165, 1.54) is 18.4 Å². The summed E-state index contributed by atoms with van der Waals surface area (Å²) in [4.78, 5) is 0. The Morgan fingerprint density at radius 2 is 2.09 bits per heavy atom. The minimum atomic E-state index is -0.723. The zero-order valence-electron chi connectivity index (χ0n) is 7.72. The highest BCUT2D eigenvalue weighted by atomic mass is 32.2. The molecule has 0 radical (unpaired) electrons. The Balaban J connectivity index is 3.70. The third-order valence-electron chi connectivity index (χ3n) is 1.54. The molecule has 0 N–H and O–H groups in total. The van der Waals surface area contributed by atoms with Gasteiger partial charge in [0, 0.05) is 22.0 Å². The van der Waals surface area contributed by atoms with E-state index in [1.807, 2.05) is 12.3 Å². The molecule has 0 fully saturated rings. The molecule has 0 bridgehead atoms. The summed E-state index contributed by atoms with van der Waals surface area (Å²) in [5.41, 5.74) is 1.27. The van der Waals surface area contributed by atoms with Gasteiger partial charge >= 0.3 is 0 Å². The van der Waals surface area contributed by atoms with Crippen LogP contribution >= 0.6 is 0 Å². The molecule has 0 aromatic rings. The van der Waals surface area contributed by atoms with Crippen molar-refractivity contribution in [1.29, 1.82) is 0 Å². The number of allylic oxidation sites excluding steroid dienone is 1. The fourth-order valence-corrected chi connectivity index (χ4v) is 1.56. The molecule has 0 aromatic carbocycles. The number of rotatable bonds is 5. The van der Waals surface area contributed by atoms with Gasteiger partial charge in [-0.3, -0.25) is 4.21 Å². The highest BCUT2D eigenvalue weighted by molar-refractivity contribution is 7.87. The Morgan fingerprint density at radius 1 is 1.45 bits per heavy atom. The SMILES string of the molecule is CCCC/C(C)=C\S(=O)CC. The topological polar surface area (TPSA) is 17.1 Å². The number of hydrogen-bond donors (Lipinski definition) is 0. The summed E-state index contributed by atoms with van der Waals surface area (Å²) in [6.45, 7) is 6.17. The second kappa shape index (κ2) is 6.59. The Bertz CT molecular complexity index is 150. The van der Waals surface area contributed by atoms with E-state index in [0.29, 0.717) is 0 Å². The second-order valence-corrected chi connectivity index (χ2v) is 4.31. The maximum atomic E-state index is 11.0. The van der Waals surface area contributed by atoms with Crippen molar-refractivity contribution in [3.05, 3.63) is 11.0 Å². The van der Waals surface area contributed by atoms with Gasteiger partial charge in [-0.2, -0.15) is 0 Å². The molecule has 2 heteroatoms. The molecule has 0 aliphatic rings. The monoisotopic (exact) mass is 174 g/mol. The van der Waals surface area contributed by atoms with Crippen LogP contribution in [0.2, 0.25) is 0 Å². The Morgan fingerprint density at radius 3 is 2.55 bits per heavy atom. The summed E-state index contributed by atoms with van der Waals surface area (Å²) >= 11 is 0. The highest BCUT2D eigenvalue weighted by Gasteiger charge is 1.92. The van der Waals surface area contributed by atoms with Gasteiger partial charge in [-0.05, 0) is 19.8 Å². The van der Waals surface area contributed by atoms with Crippen molar-refractivity contribution in [3.63, 3.8) is 0 Å². The van der Waals surface area contributed by atoms with Crippen LogP contribution in [-0.4, -0.2) is 9.96 Å². The lowest BCUT2D eigenvalue weighted by Gasteiger charge is -1.97. The number of hydrogen-bond acceptors (Lipinski definition) is 1. The fraction of sp³-hybridized carbons (Fsp3) is 0.778. The summed E-state index contributed by atoms with van der Waals surface area (Å²) in [5, 5.41) is 1.88. The largest absolute Gasteiger partial charge is 0.255 e. The minimum Gasteiger partial charge on any atom is -0.255 e. The van der Waals surface area contributed by atoms with Gasteiger partial charge in [-0.25, -0.2) is 0 Å². The van der Waals surface area contributed by atoms with Crippen molar-refractivity contribution in [2.75, 3.05) is 5.75 Å². The van der Waals surface area contributed by atoms with Crippen molar-refractivity contribution in [2.45, 2.75) is 40.0 Å². The summed E-state index contributed by atoms with van der Waals surface area (Å²) in [6, 6.07) is 0. The predicted molar refractivity (Wildman–Crippen MR) is 52.0 cm³/mol. The van der Waals surface area contributed by atoms with E-state index < -0.39 is 10.8 Å². The fourth-order valence-electron chi connectivity index (χ4n) is 0.822. The lowest BCUT2D eigenvalue weighted by molar-refractivity contribution is 0.688. The van der Waals surface area contributed by atoms with Gasteiger partial charge in [0.1, 0.15) is 0 Å². The molecule has 0 aliphatic heterocycles. The molecule has 0 heterocycles. The van der Waals surface area contributed by atoms with Gasteiger partial charge in [-0.1, -0.05) is 25.8 Å². The van der Waals surface area contributed by atoms with E-state index >= 15 is 0 Å². The predicted octanol–water partition coefficient (Wildman–Crippen LogP) is 2.85. The van der Waals surface area contributed by atoms with Crippen molar-refractivity contribution < 1.29 is 4.21 Å². The summed E-state index contributed by atoms with van der Waals surface area (Å²) in [6.07, 6.45) is 3.52. The van der Waals surface area contributed by atoms with Gasteiger partial charge in [0.2, 0.25) is 0 Å². The van der Waals surface area contributed by atoms with Crippen molar-refractivity contribution in [3.8, 4) is 0 Å². The quantitative estimate of drug-likeness (QED) is 0.626. The first-order valence-corrected chi connectivity index (χ1v) is 5.63.